The first-order valence-corrected chi connectivity index (χ1v) is 6.62. The van der Waals surface area contributed by atoms with Crippen molar-refractivity contribution in [1.82, 2.24) is 5.32 Å². The summed E-state index contributed by atoms with van der Waals surface area (Å²) in [6.07, 6.45) is 0. The van der Waals surface area contributed by atoms with Crippen molar-refractivity contribution in [2.24, 2.45) is 0 Å². The lowest BCUT2D eigenvalue weighted by molar-refractivity contribution is 0.568. The van der Waals surface area contributed by atoms with Gasteiger partial charge in [0.05, 0.1) is 5.02 Å². The Morgan fingerprint density at radius 2 is 2.24 bits per heavy atom. The monoisotopic (exact) mass is 269 g/mol. The van der Waals surface area contributed by atoms with Crippen molar-refractivity contribution in [3.05, 3.63) is 57.0 Å². The van der Waals surface area contributed by atoms with Crippen LogP contribution in [0.25, 0.3) is 0 Å². The minimum atomic E-state index is -0.199. The van der Waals surface area contributed by atoms with E-state index in [1.54, 1.807) is 23.5 Å². The van der Waals surface area contributed by atoms with E-state index in [2.05, 4.69) is 5.32 Å². The molecular weight excluding hydrogens is 257 g/mol. The molecule has 0 saturated carbocycles. The van der Waals surface area contributed by atoms with E-state index in [9.17, 15) is 4.39 Å². The number of hydrogen-bond donors (Lipinski definition) is 1. The lowest BCUT2D eigenvalue weighted by Crippen LogP contribution is -2.17. The lowest BCUT2D eigenvalue weighted by atomic mass is 10.1. The van der Waals surface area contributed by atoms with Gasteiger partial charge in [-0.05, 0) is 30.7 Å². The van der Waals surface area contributed by atoms with E-state index in [4.69, 9.17) is 11.6 Å². The fourth-order valence-electron chi connectivity index (χ4n) is 1.59. The van der Waals surface area contributed by atoms with Crippen molar-refractivity contribution in [3.8, 4) is 0 Å². The van der Waals surface area contributed by atoms with Crippen molar-refractivity contribution in [2.75, 3.05) is 0 Å². The second-order valence-electron chi connectivity index (χ2n) is 3.89. The molecule has 1 nitrogen and oxygen atoms in total. The fraction of sp³-hybridized carbons (Fsp3) is 0.231. The van der Waals surface area contributed by atoms with Crippen LogP contribution in [0.2, 0.25) is 5.02 Å². The van der Waals surface area contributed by atoms with Gasteiger partial charge in [-0.15, -0.1) is 11.3 Å². The van der Waals surface area contributed by atoms with Gasteiger partial charge in [0, 0.05) is 22.8 Å². The van der Waals surface area contributed by atoms with E-state index in [1.165, 1.54) is 10.9 Å². The summed E-state index contributed by atoms with van der Waals surface area (Å²) in [5.41, 5.74) is 0.952. The molecule has 0 bridgehead atoms. The number of nitrogens with one attached hydrogen (secondary N) is 1. The van der Waals surface area contributed by atoms with Crippen LogP contribution >= 0.6 is 22.9 Å². The smallest absolute Gasteiger partial charge is 0.123 e. The molecular formula is C13H13ClFNS. The minimum absolute atomic E-state index is 0.117. The van der Waals surface area contributed by atoms with Crippen LogP contribution in [0.15, 0.2) is 35.7 Å². The van der Waals surface area contributed by atoms with Crippen molar-refractivity contribution in [1.29, 1.82) is 0 Å². The van der Waals surface area contributed by atoms with Gasteiger partial charge in [-0.25, -0.2) is 4.39 Å². The SMILES string of the molecule is C[C@H](NCc1cc(Cl)cs1)c1cccc(F)c1. The van der Waals surface area contributed by atoms with Crippen LogP contribution < -0.4 is 5.32 Å². The zero-order chi connectivity index (χ0) is 12.3. The Hall–Kier alpha value is -0.900. The average molecular weight is 270 g/mol. The van der Waals surface area contributed by atoms with Crippen LogP contribution in [0, 0.1) is 5.82 Å². The molecule has 0 saturated heterocycles. The van der Waals surface area contributed by atoms with Crippen molar-refractivity contribution < 1.29 is 4.39 Å². The summed E-state index contributed by atoms with van der Waals surface area (Å²) in [4.78, 5) is 1.18. The molecule has 1 aromatic heterocycles. The molecule has 0 spiro atoms. The van der Waals surface area contributed by atoms with E-state index in [-0.39, 0.29) is 11.9 Å². The molecule has 0 radical (unpaired) electrons. The topological polar surface area (TPSA) is 12.0 Å². The molecule has 1 N–H and O–H groups in total. The maximum absolute atomic E-state index is 13.1. The minimum Gasteiger partial charge on any atom is -0.305 e. The third-order valence-corrected chi connectivity index (χ3v) is 3.84. The summed E-state index contributed by atoms with van der Waals surface area (Å²) in [5.74, 6) is -0.199. The molecule has 17 heavy (non-hydrogen) atoms. The Morgan fingerprint density at radius 1 is 1.41 bits per heavy atom. The van der Waals surface area contributed by atoms with Crippen LogP contribution in [0.3, 0.4) is 0 Å². The molecule has 4 heteroatoms. The molecule has 0 fully saturated rings. The Labute approximate surface area is 109 Å². The Kier molecular flexibility index (Phi) is 4.15. The van der Waals surface area contributed by atoms with Gasteiger partial charge in [0.25, 0.3) is 0 Å². The second kappa shape index (κ2) is 5.63. The third-order valence-electron chi connectivity index (χ3n) is 2.55. The van der Waals surface area contributed by atoms with Gasteiger partial charge in [0.1, 0.15) is 5.82 Å². The summed E-state index contributed by atoms with van der Waals surface area (Å²) in [6.45, 7) is 2.76. The Morgan fingerprint density at radius 3 is 2.88 bits per heavy atom. The second-order valence-corrected chi connectivity index (χ2v) is 5.32. The molecule has 1 atom stereocenters. The van der Waals surface area contributed by atoms with E-state index in [0.717, 1.165) is 17.1 Å². The zero-order valence-corrected chi connectivity index (χ0v) is 11.0. The first-order valence-electron chi connectivity index (χ1n) is 5.37. The molecule has 2 aromatic rings. The third kappa shape index (κ3) is 3.53. The molecule has 2 rings (SSSR count). The van der Waals surface area contributed by atoms with E-state index in [1.807, 2.05) is 24.4 Å². The highest BCUT2D eigenvalue weighted by molar-refractivity contribution is 7.10. The first kappa shape index (κ1) is 12.6. The summed E-state index contributed by atoms with van der Waals surface area (Å²) in [5, 5.41) is 6.02. The van der Waals surface area contributed by atoms with Crippen LogP contribution in [0.1, 0.15) is 23.4 Å². The van der Waals surface area contributed by atoms with Gasteiger partial charge in [-0.1, -0.05) is 23.7 Å². The van der Waals surface area contributed by atoms with Crippen LogP contribution in [-0.2, 0) is 6.54 Å². The molecule has 0 aliphatic rings. The largest absolute Gasteiger partial charge is 0.305 e. The van der Waals surface area contributed by atoms with Gasteiger partial charge in [-0.3, -0.25) is 0 Å². The summed E-state index contributed by atoms with van der Waals surface area (Å²) >= 11 is 7.47. The summed E-state index contributed by atoms with van der Waals surface area (Å²) in [6, 6.07) is 8.71. The predicted octanol–water partition coefficient (Wildman–Crippen LogP) is 4.39. The van der Waals surface area contributed by atoms with Crippen molar-refractivity contribution >= 4 is 22.9 Å². The van der Waals surface area contributed by atoms with Gasteiger partial charge in [-0.2, -0.15) is 0 Å². The maximum Gasteiger partial charge on any atom is 0.123 e. The molecule has 1 aromatic carbocycles. The van der Waals surface area contributed by atoms with Crippen LogP contribution in [0.4, 0.5) is 4.39 Å². The first-order chi connectivity index (χ1) is 8.15. The number of thiophene rings is 1. The van der Waals surface area contributed by atoms with Gasteiger partial charge in [0.15, 0.2) is 0 Å². The molecule has 0 unspecified atom stereocenters. The standard InChI is InChI=1S/C13H13ClFNS/c1-9(10-3-2-4-12(15)5-10)16-7-13-6-11(14)8-17-13/h2-6,8-9,16H,7H2,1H3/t9-/m0/s1. The lowest BCUT2D eigenvalue weighted by Gasteiger charge is -2.13. The maximum atomic E-state index is 13.1. The number of benzene rings is 1. The Balaban J connectivity index is 1.95. The summed E-state index contributed by atoms with van der Waals surface area (Å²) in [7, 11) is 0. The van der Waals surface area contributed by atoms with Gasteiger partial charge >= 0.3 is 0 Å². The number of rotatable bonds is 4. The quantitative estimate of drug-likeness (QED) is 0.868. The van der Waals surface area contributed by atoms with E-state index >= 15 is 0 Å². The van der Waals surface area contributed by atoms with Crippen molar-refractivity contribution in [2.45, 2.75) is 19.5 Å². The Bertz CT molecular complexity index is 498. The molecule has 0 aliphatic heterocycles. The van der Waals surface area contributed by atoms with Crippen molar-refractivity contribution in [3.63, 3.8) is 0 Å². The number of halogens is 2. The molecule has 0 aliphatic carbocycles. The highest BCUT2D eigenvalue weighted by Crippen LogP contribution is 2.20. The highest BCUT2D eigenvalue weighted by Gasteiger charge is 2.06. The van der Waals surface area contributed by atoms with Gasteiger partial charge in [0.2, 0.25) is 0 Å². The predicted molar refractivity (Wildman–Crippen MR) is 71.0 cm³/mol. The van der Waals surface area contributed by atoms with Gasteiger partial charge < -0.3 is 5.32 Å². The molecule has 1 heterocycles. The van der Waals surface area contributed by atoms with Crippen LogP contribution in [0.5, 0.6) is 0 Å². The zero-order valence-electron chi connectivity index (χ0n) is 9.41. The fourth-order valence-corrected chi connectivity index (χ4v) is 2.62. The van der Waals surface area contributed by atoms with E-state index < -0.39 is 0 Å². The highest BCUT2D eigenvalue weighted by atomic mass is 35.5. The van der Waals surface area contributed by atoms with Crippen LogP contribution in [-0.4, -0.2) is 0 Å². The average Bonchev–Trinajstić information content (AvgIpc) is 2.72. The van der Waals surface area contributed by atoms with E-state index in [0.29, 0.717) is 0 Å². The molecule has 0 amide bonds. The molecule has 90 valence electrons. The normalized spacial score (nSPS) is 12.6. The number of hydrogen-bond acceptors (Lipinski definition) is 2. The summed E-state index contributed by atoms with van der Waals surface area (Å²) < 4.78 is 13.1.